The number of carbonyl (C=O) groups excluding carboxylic acids is 1. The zero-order chi connectivity index (χ0) is 13.7. The van der Waals surface area contributed by atoms with Crippen molar-refractivity contribution in [1.82, 2.24) is 0 Å². The lowest BCUT2D eigenvalue weighted by atomic mass is 10.1. The second-order valence-corrected chi connectivity index (χ2v) is 4.31. The maximum Gasteiger partial charge on any atom is 0.229 e. The summed E-state index contributed by atoms with van der Waals surface area (Å²) < 4.78 is 1.69. The Morgan fingerprint density at radius 2 is 1.95 bits per heavy atom. The van der Waals surface area contributed by atoms with Gasteiger partial charge < -0.3 is 22.2 Å². The van der Waals surface area contributed by atoms with Crippen molar-refractivity contribution in [2.24, 2.45) is 5.16 Å². The fourth-order valence-corrected chi connectivity index (χ4v) is 1.98. The van der Waals surface area contributed by atoms with Crippen molar-refractivity contribution in [2.45, 2.75) is 6.54 Å². The second-order valence-electron chi connectivity index (χ2n) is 3.90. The maximum atomic E-state index is 12.2. The standard InChI is InChI=1S/C14H11ClN2O2.BrH/c15-13-7-2-1-6-12(13)14(18)10-17-8-4-3-5-11(17)9-16-19;/h1-9H,10H2;1H. The first-order valence-corrected chi connectivity index (χ1v) is 6.04. The molecule has 0 aliphatic rings. The van der Waals surface area contributed by atoms with Crippen molar-refractivity contribution in [3.8, 4) is 0 Å². The van der Waals surface area contributed by atoms with Crippen LogP contribution >= 0.6 is 11.6 Å². The van der Waals surface area contributed by atoms with E-state index in [1.54, 1.807) is 53.2 Å². The first-order valence-electron chi connectivity index (χ1n) is 5.66. The SMILES string of the molecule is O=C(C[n+]1ccccc1C=NO)c1ccccc1Cl.[Br-]. The van der Waals surface area contributed by atoms with E-state index >= 15 is 0 Å². The Kier molecular flexibility index (Phi) is 6.35. The van der Waals surface area contributed by atoms with Crippen LogP contribution in [-0.4, -0.2) is 17.2 Å². The molecule has 0 aliphatic heterocycles. The minimum Gasteiger partial charge on any atom is -1.00 e. The number of hydrogen-bond acceptors (Lipinski definition) is 3. The maximum absolute atomic E-state index is 12.2. The van der Waals surface area contributed by atoms with Crippen LogP contribution in [0.15, 0.2) is 53.8 Å². The minimum atomic E-state index is -0.102. The van der Waals surface area contributed by atoms with E-state index < -0.39 is 0 Å². The van der Waals surface area contributed by atoms with Gasteiger partial charge in [0.25, 0.3) is 0 Å². The summed E-state index contributed by atoms with van der Waals surface area (Å²) in [6.45, 7) is 0.131. The molecule has 1 N–H and O–H groups in total. The number of halogens is 2. The average Bonchev–Trinajstić information content (AvgIpc) is 2.41. The van der Waals surface area contributed by atoms with Gasteiger partial charge in [-0.05, 0) is 18.2 Å². The molecule has 6 heteroatoms. The first kappa shape index (κ1) is 16.3. The first-order chi connectivity index (χ1) is 9.22. The molecule has 1 aromatic carbocycles. The molecule has 0 bridgehead atoms. The normalized spacial score (nSPS) is 10.2. The van der Waals surface area contributed by atoms with Gasteiger partial charge >= 0.3 is 0 Å². The van der Waals surface area contributed by atoms with Crippen LogP contribution in [0, 0.1) is 0 Å². The van der Waals surface area contributed by atoms with Crippen LogP contribution < -0.4 is 21.5 Å². The number of carbonyl (C=O) groups is 1. The summed E-state index contributed by atoms with van der Waals surface area (Å²) in [5.41, 5.74) is 1.11. The van der Waals surface area contributed by atoms with Crippen molar-refractivity contribution >= 4 is 23.6 Å². The molecule has 0 spiro atoms. The zero-order valence-corrected chi connectivity index (χ0v) is 12.8. The number of rotatable bonds is 4. The molecule has 4 nitrogen and oxygen atoms in total. The summed E-state index contributed by atoms with van der Waals surface area (Å²) in [5.74, 6) is -0.102. The largest absolute Gasteiger partial charge is 1.00 e. The number of ketones is 1. The molecular weight excluding hydrogens is 344 g/mol. The zero-order valence-electron chi connectivity index (χ0n) is 10.4. The second kappa shape index (κ2) is 7.77. The molecule has 1 aromatic heterocycles. The van der Waals surface area contributed by atoms with Gasteiger partial charge in [0.1, 0.15) is 6.21 Å². The smallest absolute Gasteiger partial charge is 0.229 e. The summed E-state index contributed by atoms with van der Waals surface area (Å²) in [4.78, 5) is 12.2. The highest BCUT2D eigenvalue weighted by Gasteiger charge is 2.17. The Bertz CT molecular complexity index is 632. The molecule has 104 valence electrons. The van der Waals surface area contributed by atoms with Crippen LogP contribution in [-0.2, 0) is 6.54 Å². The third-order valence-corrected chi connectivity index (χ3v) is 2.98. The molecule has 0 radical (unpaired) electrons. The van der Waals surface area contributed by atoms with Crippen LogP contribution in [0.1, 0.15) is 16.1 Å². The third kappa shape index (κ3) is 3.88. The van der Waals surface area contributed by atoms with Gasteiger partial charge in [-0.25, -0.2) is 0 Å². The molecule has 2 aromatic rings. The summed E-state index contributed by atoms with van der Waals surface area (Å²) >= 11 is 5.99. The van der Waals surface area contributed by atoms with E-state index in [4.69, 9.17) is 16.8 Å². The van der Waals surface area contributed by atoms with Gasteiger partial charge in [0.05, 0.1) is 5.02 Å². The minimum absolute atomic E-state index is 0. The van der Waals surface area contributed by atoms with Crippen molar-refractivity contribution in [2.75, 3.05) is 0 Å². The van der Waals surface area contributed by atoms with E-state index in [9.17, 15) is 4.79 Å². The topological polar surface area (TPSA) is 53.5 Å². The van der Waals surface area contributed by atoms with Gasteiger partial charge in [-0.3, -0.25) is 4.79 Å². The highest BCUT2D eigenvalue weighted by atomic mass is 79.9. The van der Waals surface area contributed by atoms with E-state index in [1.807, 2.05) is 0 Å². The Morgan fingerprint density at radius 3 is 2.65 bits per heavy atom. The van der Waals surface area contributed by atoms with Gasteiger partial charge in [-0.2, -0.15) is 4.57 Å². The third-order valence-electron chi connectivity index (χ3n) is 2.65. The Labute approximate surface area is 132 Å². The number of pyridine rings is 1. The molecule has 2 rings (SSSR count). The van der Waals surface area contributed by atoms with Gasteiger partial charge in [-0.1, -0.05) is 28.9 Å². The lowest BCUT2D eigenvalue weighted by Gasteiger charge is -2.02. The summed E-state index contributed by atoms with van der Waals surface area (Å²) in [5, 5.41) is 12.0. The van der Waals surface area contributed by atoms with Crippen molar-refractivity contribution in [1.29, 1.82) is 0 Å². The molecule has 0 saturated heterocycles. The number of oxime groups is 1. The van der Waals surface area contributed by atoms with E-state index in [2.05, 4.69) is 5.16 Å². The molecule has 1 heterocycles. The van der Waals surface area contributed by atoms with Crippen LogP contribution in [0.3, 0.4) is 0 Å². The highest BCUT2D eigenvalue weighted by molar-refractivity contribution is 6.33. The molecule has 0 aliphatic carbocycles. The van der Waals surface area contributed by atoms with Gasteiger partial charge in [0.2, 0.25) is 18.0 Å². The average molecular weight is 356 g/mol. The summed E-state index contributed by atoms with van der Waals surface area (Å²) in [6, 6.07) is 12.3. The predicted octanol–water partition coefficient (Wildman–Crippen LogP) is -0.677. The van der Waals surface area contributed by atoms with E-state index in [-0.39, 0.29) is 29.3 Å². The van der Waals surface area contributed by atoms with Gasteiger partial charge in [0.15, 0.2) is 6.20 Å². The summed E-state index contributed by atoms with van der Waals surface area (Å²) in [6.07, 6.45) is 3.02. The molecular formula is C14H12BrClN2O2. The molecule has 0 saturated carbocycles. The van der Waals surface area contributed by atoms with Gasteiger partial charge in [-0.15, -0.1) is 0 Å². The fourth-order valence-electron chi connectivity index (χ4n) is 1.74. The van der Waals surface area contributed by atoms with E-state index in [0.29, 0.717) is 16.3 Å². The van der Waals surface area contributed by atoms with Crippen molar-refractivity contribution < 1.29 is 31.6 Å². The number of benzene rings is 1. The summed E-state index contributed by atoms with van der Waals surface area (Å²) in [7, 11) is 0. The van der Waals surface area contributed by atoms with Gasteiger partial charge in [0, 0.05) is 17.7 Å². The number of aromatic nitrogens is 1. The number of nitrogens with zero attached hydrogens (tertiary/aromatic N) is 2. The molecule has 0 amide bonds. The molecule has 0 atom stereocenters. The van der Waals surface area contributed by atoms with Crippen molar-refractivity contribution in [3.05, 3.63) is 64.9 Å². The number of Topliss-reactive ketones (excluding diaryl/α,β-unsaturated/α-hetero) is 1. The monoisotopic (exact) mass is 354 g/mol. The molecule has 0 fully saturated rings. The quantitative estimate of drug-likeness (QED) is 0.260. The van der Waals surface area contributed by atoms with Crippen molar-refractivity contribution in [3.63, 3.8) is 0 Å². The fraction of sp³-hybridized carbons (Fsp3) is 0.0714. The molecule has 20 heavy (non-hydrogen) atoms. The number of hydrogen-bond donors (Lipinski definition) is 1. The Hall–Kier alpha value is -1.72. The lowest BCUT2D eigenvalue weighted by Crippen LogP contribution is -3.00. The Balaban J connectivity index is 0.00000200. The Morgan fingerprint density at radius 1 is 1.25 bits per heavy atom. The van der Waals surface area contributed by atoms with Crippen LogP contribution in [0.2, 0.25) is 5.02 Å². The lowest BCUT2D eigenvalue weighted by molar-refractivity contribution is -0.684. The molecule has 0 unspecified atom stereocenters. The van der Waals surface area contributed by atoms with Crippen LogP contribution in [0.4, 0.5) is 0 Å². The van der Waals surface area contributed by atoms with E-state index in [1.165, 1.54) is 6.21 Å². The van der Waals surface area contributed by atoms with Crippen LogP contribution in [0.25, 0.3) is 0 Å². The highest BCUT2D eigenvalue weighted by Crippen LogP contribution is 2.15. The predicted molar refractivity (Wildman–Crippen MR) is 71.8 cm³/mol. The van der Waals surface area contributed by atoms with E-state index in [0.717, 1.165) is 0 Å². The van der Waals surface area contributed by atoms with Crippen LogP contribution in [0.5, 0.6) is 0 Å².